The molecular formula is C27H34F2N4O3. The van der Waals surface area contributed by atoms with Crippen LogP contribution in [0, 0.1) is 5.92 Å². The van der Waals surface area contributed by atoms with Crippen molar-refractivity contribution in [2.45, 2.75) is 70.8 Å². The fourth-order valence-electron chi connectivity index (χ4n) is 5.51. The highest BCUT2D eigenvalue weighted by atomic mass is 19.3. The van der Waals surface area contributed by atoms with Crippen molar-refractivity contribution in [3.05, 3.63) is 42.1 Å². The van der Waals surface area contributed by atoms with Crippen molar-refractivity contribution < 1.29 is 23.0 Å². The molecule has 1 aromatic heterocycles. The van der Waals surface area contributed by atoms with Gasteiger partial charge in [0.05, 0.1) is 30.6 Å². The molecule has 0 bridgehead atoms. The third kappa shape index (κ3) is 4.78. The number of pyridine rings is 1. The van der Waals surface area contributed by atoms with Crippen molar-refractivity contribution in [2.24, 2.45) is 5.92 Å². The van der Waals surface area contributed by atoms with Crippen molar-refractivity contribution in [3.63, 3.8) is 0 Å². The number of carbonyl (C=O) groups is 1. The average molecular weight is 501 g/mol. The monoisotopic (exact) mass is 500 g/mol. The summed E-state index contributed by atoms with van der Waals surface area (Å²) >= 11 is 0. The minimum atomic E-state index is -3.04. The van der Waals surface area contributed by atoms with Crippen molar-refractivity contribution in [2.75, 3.05) is 34.9 Å². The maximum Gasteiger partial charge on any atom is 0.274 e. The number of nitrogens with one attached hydrogen (secondary N) is 1. The number of hydrogen-bond acceptors (Lipinski definition) is 6. The van der Waals surface area contributed by atoms with E-state index in [1.54, 1.807) is 18.0 Å². The molecule has 1 saturated heterocycles. The number of fused-ring (bicyclic) bond motifs is 2. The van der Waals surface area contributed by atoms with Gasteiger partial charge in [-0.05, 0) is 57.9 Å². The van der Waals surface area contributed by atoms with Gasteiger partial charge in [-0.1, -0.05) is 6.07 Å². The molecule has 2 aliphatic heterocycles. The maximum atomic E-state index is 14.9. The van der Waals surface area contributed by atoms with E-state index in [4.69, 9.17) is 9.47 Å². The van der Waals surface area contributed by atoms with Crippen molar-refractivity contribution in [3.8, 4) is 0 Å². The molecule has 3 aliphatic rings. The van der Waals surface area contributed by atoms with Gasteiger partial charge < -0.3 is 24.6 Å². The largest absolute Gasteiger partial charge is 0.375 e. The predicted octanol–water partition coefficient (Wildman–Crippen LogP) is 5.13. The van der Waals surface area contributed by atoms with E-state index in [0.717, 1.165) is 23.5 Å². The number of carbonyl (C=O) groups excluding carboxylic acids is 1. The van der Waals surface area contributed by atoms with Gasteiger partial charge in [0.15, 0.2) is 0 Å². The topological polar surface area (TPSA) is 66.9 Å². The summed E-state index contributed by atoms with van der Waals surface area (Å²) < 4.78 is 40.9. The van der Waals surface area contributed by atoms with E-state index in [-0.39, 0.29) is 37.6 Å². The first-order chi connectivity index (χ1) is 17.3. The lowest BCUT2D eigenvalue weighted by Gasteiger charge is -2.39. The van der Waals surface area contributed by atoms with E-state index in [1.165, 1.54) is 0 Å². The molecular weight excluding hydrogens is 466 g/mol. The van der Waals surface area contributed by atoms with Crippen LogP contribution in [0.2, 0.25) is 0 Å². The summed E-state index contributed by atoms with van der Waals surface area (Å²) in [6.45, 7) is 7.71. The Labute approximate surface area is 210 Å². The number of aromatic nitrogens is 1. The van der Waals surface area contributed by atoms with E-state index in [2.05, 4.69) is 22.1 Å². The fraction of sp³-hybridized carbons (Fsp3) is 0.556. The summed E-state index contributed by atoms with van der Waals surface area (Å²) in [7, 11) is 0. The van der Waals surface area contributed by atoms with Crippen LogP contribution in [0.25, 0.3) is 0 Å². The van der Waals surface area contributed by atoms with Gasteiger partial charge in [-0.3, -0.25) is 4.79 Å². The third-order valence-electron chi connectivity index (χ3n) is 7.43. The number of anilines is 4. The number of morpholine rings is 1. The van der Waals surface area contributed by atoms with Crippen LogP contribution < -0.4 is 15.1 Å². The fourth-order valence-corrected chi connectivity index (χ4v) is 5.51. The highest BCUT2D eigenvalue weighted by molar-refractivity contribution is 6.00. The number of rotatable bonds is 4. The van der Waals surface area contributed by atoms with Crippen LogP contribution in [-0.4, -0.2) is 54.8 Å². The minimum absolute atomic E-state index is 0.0899. The van der Waals surface area contributed by atoms with E-state index >= 15 is 0 Å². The lowest BCUT2D eigenvalue weighted by Crippen LogP contribution is -2.48. The molecule has 1 aromatic carbocycles. The summed E-state index contributed by atoms with van der Waals surface area (Å²) in [5.74, 6) is -3.44. The maximum absolute atomic E-state index is 14.9. The number of amides is 1. The first-order valence-electron chi connectivity index (χ1n) is 12.8. The molecule has 0 spiro atoms. The predicted molar refractivity (Wildman–Crippen MR) is 135 cm³/mol. The molecule has 2 aromatic rings. The molecule has 1 saturated carbocycles. The van der Waals surface area contributed by atoms with E-state index in [0.29, 0.717) is 24.5 Å². The normalized spacial score (nSPS) is 27.5. The van der Waals surface area contributed by atoms with Crippen molar-refractivity contribution >= 4 is 28.8 Å². The average Bonchev–Trinajstić information content (AvgIpc) is 3.02. The van der Waals surface area contributed by atoms with E-state index in [9.17, 15) is 13.6 Å². The Balaban J connectivity index is 1.50. The molecule has 7 nitrogen and oxygen atoms in total. The molecule has 0 radical (unpaired) electrons. The highest BCUT2D eigenvalue weighted by Gasteiger charge is 2.48. The summed E-state index contributed by atoms with van der Waals surface area (Å²) in [4.78, 5) is 22.3. The van der Waals surface area contributed by atoms with Crippen LogP contribution in [0.5, 0.6) is 0 Å². The number of ether oxygens (including phenoxy) is 2. The van der Waals surface area contributed by atoms with Crippen LogP contribution in [0.3, 0.4) is 0 Å². The molecule has 36 heavy (non-hydrogen) atoms. The van der Waals surface area contributed by atoms with Crippen LogP contribution in [0.1, 0.15) is 45.6 Å². The molecule has 5 rings (SSSR count). The molecule has 1 amide bonds. The van der Waals surface area contributed by atoms with Crippen molar-refractivity contribution in [1.82, 2.24) is 4.98 Å². The molecule has 9 heteroatoms. The molecule has 1 aliphatic carbocycles. The summed E-state index contributed by atoms with van der Waals surface area (Å²) in [5, 5.41) is 3.36. The Morgan fingerprint density at radius 1 is 1.28 bits per heavy atom. The summed E-state index contributed by atoms with van der Waals surface area (Å²) in [6.07, 6.45) is 0.683. The number of alkyl halides is 2. The first kappa shape index (κ1) is 24.9. The zero-order valence-electron chi connectivity index (χ0n) is 21.0. The smallest absolute Gasteiger partial charge is 0.274 e. The quantitative estimate of drug-likeness (QED) is 0.628. The van der Waals surface area contributed by atoms with Gasteiger partial charge in [0.2, 0.25) is 5.91 Å². The van der Waals surface area contributed by atoms with Gasteiger partial charge in [0, 0.05) is 49.0 Å². The molecule has 3 heterocycles. The molecule has 194 valence electrons. The Kier molecular flexibility index (Phi) is 6.87. The Morgan fingerprint density at radius 2 is 2.11 bits per heavy atom. The van der Waals surface area contributed by atoms with Gasteiger partial charge in [-0.2, -0.15) is 0 Å². The zero-order valence-corrected chi connectivity index (χ0v) is 21.0. The zero-order chi connectivity index (χ0) is 25.4. The minimum Gasteiger partial charge on any atom is -0.375 e. The Bertz CT molecular complexity index is 1110. The number of benzene rings is 1. The SMILES string of the molecule is CCO[C@H]1CC[C@H](C(=O)N2Cc3cccnc3Nc3ccc(N4C[C@@H](C)OC[C@H]4C)cc32)CC1(F)F. The molecule has 4 atom stereocenters. The van der Waals surface area contributed by atoms with Crippen molar-refractivity contribution in [1.29, 1.82) is 0 Å². The third-order valence-corrected chi connectivity index (χ3v) is 7.43. The van der Waals surface area contributed by atoms with E-state index in [1.807, 2.05) is 37.3 Å². The second kappa shape index (κ2) is 9.94. The second-order valence-corrected chi connectivity index (χ2v) is 10.1. The highest BCUT2D eigenvalue weighted by Crippen LogP contribution is 2.43. The van der Waals surface area contributed by atoms with E-state index < -0.39 is 24.4 Å². The number of hydrogen-bond donors (Lipinski definition) is 1. The van der Waals surface area contributed by atoms with Gasteiger partial charge in [-0.15, -0.1) is 0 Å². The second-order valence-electron chi connectivity index (χ2n) is 10.1. The summed E-state index contributed by atoms with van der Waals surface area (Å²) in [5.41, 5.74) is 3.22. The van der Waals surface area contributed by atoms with Crippen LogP contribution in [0.15, 0.2) is 36.5 Å². The van der Waals surface area contributed by atoms with Gasteiger partial charge in [-0.25, -0.2) is 13.8 Å². The molecule has 1 N–H and O–H groups in total. The first-order valence-corrected chi connectivity index (χ1v) is 12.8. The lowest BCUT2D eigenvalue weighted by molar-refractivity contribution is -0.170. The Morgan fingerprint density at radius 3 is 2.89 bits per heavy atom. The van der Waals surface area contributed by atoms with Crippen LogP contribution in [-0.2, 0) is 20.8 Å². The molecule has 2 fully saturated rings. The van der Waals surface area contributed by atoms with Crippen LogP contribution in [0.4, 0.5) is 31.7 Å². The standard InChI is InChI=1S/C27H34F2N4O3/c1-4-35-24-10-7-19(13-27(24,28)29)26(34)33-15-20-6-5-11-30-25(20)31-22-9-8-21(12-23(22)33)32-14-18(3)36-16-17(32)2/h5-6,8-9,11-12,17-19,24H,4,7,10,13-16H2,1-3H3,(H,30,31)/t17-,18-,19+,24+/m1/s1. The number of halogens is 2. The summed E-state index contributed by atoms with van der Waals surface area (Å²) in [6, 6.07) is 9.87. The number of nitrogens with zero attached hydrogens (tertiary/aromatic N) is 3. The lowest BCUT2D eigenvalue weighted by atomic mass is 9.83. The van der Waals surface area contributed by atoms with Gasteiger partial charge >= 0.3 is 0 Å². The molecule has 0 unspecified atom stereocenters. The van der Waals surface area contributed by atoms with Crippen LogP contribution >= 0.6 is 0 Å². The Hall–Kier alpha value is -2.78. The van der Waals surface area contributed by atoms with Gasteiger partial charge in [0.25, 0.3) is 5.92 Å². The van der Waals surface area contributed by atoms with Gasteiger partial charge in [0.1, 0.15) is 11.9 Å².